The summed E-state index contributed by atoms with van der Waals surface area (Å²) >= 11 is 3.18. The van der Waals surface area contributed by atoms with Gasteiger partial charge in [-0.3, -0.25) is 4.79 Å². The van der Waals surface area contributed by atoms with Crippen molar-refractivity contribution in [3.05, 3.63) is 52.2 Å². The highest BCUT2D eigenvalue weighted by molar-refractivity contribution is 7.99. The fourth-order valence-electron chi connectivity index (χ4n) is 2.91. The van der Waals surface area contributed by atoms with Gasteiger partial charge in [-0.15, -0.1) is 21.5 Å². The molecule has 0 aliphatic rings. The van der Waals surface area contributed by atoms with Crippen LogP contribution in [0.3, 0.4) is 0 Å². The van der Waals surface area contributed by atoms with Crippen LogP contribution in [0.4, 0.5) is 0 Å². The molecule has 1 atom stereocenters. The molecule has 0 aliphatic heterocycles. The Labute approximate surface area is 174 Å². The van der Waals surface area contributed by atoms with Crippen LogP contribution in [0.5, 0.6) is 0 Å². The van der Waals surface area contributed by atoms with E-state index >= 15 is 0 Å². The number of benzene rings is 1. The van der Waals surface area contributed by atoms with Gasteiger partial charge in [0.25, 0.3) is 0 Å². The van der Waals surface area contributed by atoms with Gasteiger partial charge in [0.1, 0.15) is 0 Å². The van der Waals surface area contributed by atoms with Crippen molar-refractivity contribution >= 4 is 29.0 Å². The molecule has 0 saturated heterocycles. The molecule has 1 N–H and O–H groups in total. The standard InChI is InChI=1S/C21H26N4OS2/c1-5-25-20(17-11-18(14(2)3)27-12-17)23-24-21(25)28-13-19(26)22-15(4)16-9-7-6-8-10-16/h6-12,14-15H,5,13H2,1-4H3,(H,22,26). The Balaban J connectivity index is 1.64. The Kier molecular flexibility index (Phi) is 6.91. The Bertz CT molecular complexity index is 918. The number of thioether (sulfide) groups is 1. The van der Waals surface area contributed by atoms with E-state index in [1.165, 1.54) is 16.6 Å². The van der Waals surface area contributed by atoms with Gasteiger partial charge in [-0.2, -0.15) is 0 Å². The van der Waals surface area contributed by atoms with Crippen LogP contribution in [0.1, 0.15) is 50.1 Å². The van der Waals surface area contributed by atoms with Crippen molar-refractivity contribution < 1.29 is 4.79 Å². The summed E-state index contributed by atoms with van der Waals surface area (Å²) in [5.41, 5.74) is 2.19. The zero-order chi connectivity index (χ0) is 20.1. The van der Waals surface area contributed by atoms with Crippen molar-refractivity contribution in [1.82, 2.24) is 20.1 Å². The largest absolute Gasteiger partial charge is 0.349 e. The normalized spacial score (nSPS) is 12.3. The summed E-state index contributed by atoms with van der Waals surface area (Å²) in [6.07, 6.45) is 0. The Morgan fingerprint density at radius 1 is 1.21 bits per heavy atom. The molecule has 28 heavy (non-hydrogen) atoms. The van der Waals surface area contributed by atoms with Gasteiger partial charge in [-0.05, 0) is 31.4 Å². The summed E-state index contributed by atoms with van der Waals surface area (Å²) in [4.78, 5) is 13.7. The number of nitrogens with one attached hydrogen (secondary N) is 1. The summed E-state index contributed by atoms with van der Waals surface area (Å²) in [5.74, 6) is 1.68. The molecular formula is C21H26N4OS2. The summed E-state index contributed by atoms with van der Waals surface area (Å²) < 4.78 is 2.07. The fourth-order valence-corrected chi connectivity index (χ4v) is 4.62. The molecule has 0 saturated carbocycles. The van der Waals surface area contributed by atoms with E-state index in [-0.39, 0.29) is 11.9 Å². The van der Waals surface area contributed by atoms with E-state index < -0.39 is 0 Å². The number of hydrogen-bond donors (Lipinski definition) is 1. The van der Waals surface area contributed by atoms with Crippen LogP contribution in [-0.4, -0.2) is 26.4 Å². The van der Waals surface area contributed by atoms with Crippen LogP contribution >= 0.6 is 23.1 Å². The third-order valence-electron chi connectivity index (χ3n) is 4.49. The lowest BCUT2D eigenvalue weighted by molar-refractivity contribution is -0.119. The lowest BCUT2D eigenvalue weighted by Crippen LogP contribution is -2.28. The average Bonchev–Trinajstić information content (AvgIpc) is 3.33. The topological polar surface area (TPSA) is 59.8 Å². The van der Waals surface area contributed by atoms with Gasteiger partial charge in [0.05, 0.1) is 11.8 Å². The second-order valence-electron chi connectivity index (χ2n) is 6.93. The minimum atomic E-state index is -0.0193. The van der Waals surface area contributed by atoms with Gasteiger partial charge in [0, 0.05) is 22.4 Å². The minimum Gasteiger partial charge on any atom is -0.349 e. The van der Waals surface area contributed by atoms with Crippen molar-refractivity contribution in [3.8, 4) is 11.4 Å². The lowest BCUT2D eigenvalue weighted by atomic mass is 10.1. The Hall–Kier alpha value is -2.12. The molecule has 3 rings (SSSR count). The monoisotopic (exact) mass is 414 g/mol. The highest BCUT2D eigenvalue weighted by atomic mass is 32.2. The highest BCUT2D eigenvalue weighted by Crippen LogP contribution is 2.31. The third kappa shape index (κ3) is 4.83. The molecule has 7 heteroatoms. The third-order valence-corrected chi connectivity index (χ3v) is 6.69. The molecule has 0 radical (unpaired) electrons. The second kappa shape index (κ2) is 9.39. The van der Waals surface area contributed by atoms with E-state index in [4.69, 9.17) is 0 Å². The number of aromatic nitrogens is 3. The molecule has 5 nitrogen and oxygen atoms in total. The van der Waals surface area contributed by atoms with E-state index in [9.17, 15) is 4.79 Å². The first-order valence-corrected chi connectivity index (χ1v) is 11.3. The second-order valence-corrected chi connectivity index (χ2v) is 8.82. The molecule has 148 valence electrons. The molecule has 2 aromatic heterocycles. The maximum Gasteiger partial charge on any atom is 0.230 e. The molecule has 0 fully saturated rings. The summed E-state index contributed by atoms with van der Waals surface area (Å²) in [5, 5.41) is 14.7. The maximum absolute atomic E-state index is 12.4. The molecule has 1 unspecified atom stereocenters. The first kappa shape index (κ1) is 20.6. The summed E-state index contributed by atoms with van der Waals surface area (Å²) in [6.45, 7) is 9.21. The van der Waals surface area contributed by atoms with Crippen LogP contribution in [0, 0.1) is 0 Å². The Morgan fingerprint density at radius 2 is 1.96 bits per heavy atom. The molecular weight excluding hydrogens is 388 g/mol. The lowest BCUT2D eigenvalue weighted by Gasteiger charge is -2.14. The van der Waals surface area contributed by atoms with Gasteiger partial charge >= 0.3 is 0 Å². The van der Waals surface area contributed by atoms with E-state index in [1.807, 2.05) is 37.3 Å². The van der Waals surface area contributed by atoms with Crippen molar-refractivity contribution in [3.63, 3.8) is 0 Å². The number of thiophene rings is 1. The molecule has 1 amide bonds. The van der Waals surface area contributed by atoms with Gasteiger partial charge in [0.15, 0.2) is 11.0 Å². The van der Waals surface area contributed by atoms with Gasteiger partial charge in [0.2, 0.25) is 5.91 Å². The first-order valence-electron chi connectivity index (χ1n) is 9.48. The zero-order valence-electron chi connectivity index (χ0n) is 16.7. The van der Waals surface area contributed by atoms with Crippen LogP contribution in [-0.2, 0) is 11.3 Å². The number of nitrogens with zero attached hydrogens (tertiary/aromatic N) is 3. The van der Waals surface area contributed by atoms with Gasteiger partial charge in [-0.25, -0.2) is 0 Å². The number of carbonyl (C=O) groups is 1. The number of hydrogen-bond acceptors (Lipinski definition) is 5. The van der Waals surface area contributed by atoms with E-state index in [0.717, 1.165) is 28.7 Å². The molecule has 1 aromatic carbocycles. The predicted molar refractivity (Wildman–Crippen MR) is 117 cm³/mol. The van der Waals surface area contributed by atoms with E-state index in [2.05, 4.69) is 52.3 Å². The summed E-state index contributed by atoms with van der Waals surface area (Å²) in [7, 11) is 0. The van der Waals surface area contributed by atoms with Crippen molar-refractivity contribution in [2.75, 3.05) is 5.75 Å². The molecule has 3 aromatic rings. The summed E-state index contributed by atoms with van der Waals surface area (Å²) in [6, 6.07) is 12.1. The van der Waals surface area contributed by atoms with Crippen molar-refractivity contribution in [1.29, 1.82) is 0 Å². The smallest absolute Gasteiger partial charge is 0.230 e. The number of amides is 1. The SMILES string of the molecule is CCn1c(SCC(=O)NC(C)c2ccccc2)nnc1-c1csc(C(C)C)c1. The zero-order valence-corrected chi connectivity index (χ0v) is 18.3. The molecule has 0 spiro atoms. The van der Waals surface area contributed by atoms with Gasteiger partial charge < -0.3 is 9.88 Å². The van der Waals surface area contributed by atoms with Crippen LogP contribution in [0.15, 0.2) is 46.9 Å². The van der Waals surface area contributed by atoms with E-state index in [0.29, 0.717) is 11.7 Å². The van der Waals surface area contributed by atoms with Crippen LogP contribution in [0.2, 0.25) is 0 Å². The quantitative estimate of drug-likeness (QED) is 0.520. The predicted octanol–water partition coefficient (Wildman–Crippen LogP) is 5.12. The van der Waals surface area contributed by atoms with Crippen LogP contribution < -0.4 is 5.32 Å². The maximum atomic E-state index is 12.4. The van der Waals surface area contributed by atoms with Gasteiger partial charge in [-0.1, -0.05) is 55.9 Å². The van der Waals surface area contributed by atoms with Crippen LogP contribution in [0.25, 0.3) is 11.4 Å². The fraction of sp³-hybridized carbons (Fsp3) is 0.381. The van der Waals surface area contributed by atoms with Crippen molar-refractivity contribution in [2.45, 2.75) is 51.4 Å². The average molecular weight is 415 g/mol. The number of carbonyl (C=O) groups excluding carboxylic acids is 1. The highest BCUT2D eigenvalue weighted by Gasteiger charge is 2.17. The minimum absolute atomic E-state index is 0.00816. The van der Waals surface area contributed by atoms with E-state index in [1.54, 1.807) is 11.3 Å². The molecule has 0 bridgehead atoms. The number of rotatable bonds is 8. The van der Waals surface area contributed by atoms with Crippen molar-refractivity contribution in [2.24, 2.45) is 0 Å². The first-order chi connectivity index (χ1) is 13.5. The molecule has 0 aliphatic carbocycles. The molecule has 2 heterocycles. The Morgan fingerprint density at radius 3 is 2.61 bits per heavy atom.